The molecule has 3 nitrogen and oxygen atoms in total. The number of halogens is 5. The fourth-order valence-corrected chi connectivity index (χ4v) is 2.27. The van der Waals surface area contributed by atoms with E-state index in [1.54, 1.807) is 5.32 Å². The van der Waals surface area contributed by atoms with Gasteiger partial charge in [0.1, 0.15) is 5.69 Å². The van der Waals surface area contributed by atoms with Gasteiger partial charge in [0.05, 0.1) is 0 Å². The fraction of sp³-hybridized carbons (Fsp3) is 0.462. The summed E-state index contributed by atoms with van der Waals surface area (Å²) >= 11 is 0. The average molecular weight is 308 g/mol. The van der Waals surface area contributed by atoms with Gasteiger partial charge in [-0.2, -0.15) is 0 Å². The molecule has 116 valence electrons. The number of benzene rings is 1. The molecule has 1 unspecified atom stereocenters. The molecule has 1 saturated heterocycles. The second kappa shape index (κ2) is 5.87. The Bertz CT molecular complexity index is 549. The lowest BCUT2D eigenvalue weighted by atomic mass is 10.0. The van der Waals surface area contributed by atoms with Crippen LogP contribution in [0.25, 0.3) is 0 Å². The van der Waals surface area contributed by atoms with Gasteiger partial charge in [-0.25, -0.2) is 26.7 Å². The quantitative estimate of drug-likeness (QED) is 0.479. The minimum atomic E-state index is -2.26. The first-order chi connectivity index (χ1) is 9.82. The van der Waals surface area contributed by atoms with Gasteiger partial charge >= 0.3 is 6.03 Å². The first-order valence-electron chi connectivity index (χ1n) is 6.40. The number of carbonyl (C=O) groups excluding carboxylic acids is 1. The van der Waals surface area contributed by atoms with Gasteiger partial charge in [0.2, 0.25) is 5.82 Å². The van der Waals surface area contributed by atoms with Crippen LogP contribution in [0.4, 0.5) is 32.4 Å². The maximum Gasteiger partial charge on any atom is 0.322 e. The molecule has 1 aromatic rings. The van der Waals surface area contributed by atoms with Crippen LogP contribution in [0.15, 0.2) is 0 Å². The summed E-state index contributed by atoms with van der Waals surface area (Å²) in [6.07, 6.45) is 1.62. The van der Waals surface area contributed by atoms with Crippen LogP contribution in [0.2, 0.25) is 0 Å². The summed E-state index contributed by atoms with van der Waals surface area (Å²) in [6.45, 7) is 2.63. The zero-order valence-corrected chi connectivity index (χ0v) is 11.2. The van der Waals surface area contributed by atoms with Crippen LogP contribution in [0.5, 0.6) is 0 Å². The maximum absolute atomic E-state index is 13.5. The molecule has 0 aromatic heterocycles. The molecule has 2 rings (SSSR count). The first kappa shape index (κ1) is 15.5. The highest BCUT2D eigenvalue weighted by Crippen LogP contribution is 2.27. The van der Waals surface area contributed by atoms with E-state index in [-0.39, 0.29) is 5.92 Å². The third-order valence-electron chi connectivity index (χ3n) is 3.39. The van der Waals surface area contributed by atoms with Crippen molar-refractivity contribution >= 4 is 11.7 Å². The van der Waals surface area contributed by atoms with E-state index in [1.165, 1.54) is 4.90 Å². The van der Waals surface area contributed by atoms with Gasteiger partial charge in [0.25, 0.3) is 0 Å². The predicted molar refractivity (Wildman–Crippen MR) is 65.2 cm³/mol. The lowest BCUT2D eigenvalue weighted by Crippen LogP contribution is -2.42. The van der Waals surface area contributed by atoms with Crippen molar-refractivity contribution in [3.63, 3.8) is 0 Å². The number of nitrogens with one attached hydrogen (secondary N) is 1. The number of nitrogens with zero attached hydrogens (tertiary/aromatic N) is 1. The Kier molecular flexibility index (Phi) is 4.34. The van der Waals surface area contributed by atoms with Gasteiger partial charge < -0.3 is 10.2 Å². The average Bonchev–Trinajstić information content (AvgIpc) is 2.47. The summed E-state index contributed by atoms with van der Waals surface area (Å²) < 4.78 is 65.9. The van der Waals surface area contributed by atoms with Crippen molar-refractivity contribution in [1.29, 1.82) is 0 Å². The van der Waals surface area contributed by atoms with Crippen molar-refractivity contribution in [2.24, 2.45) is 5.92 Å². The number of anilines is 1. The minimum Gasteiger partial charge on any atom is -0.324 e. The lowest BCUT2D eigenvalue weighted by Gasteiger charge is -2.31. The molecule has 2 amide bonds. The van der Waals surface area contributed by atoms with Gasteiger partial charge in [-0.1, -0.05) is 6.92 Å². The van der Waals surface area contributed by atoms with E-state index in [4.69, 9.17) is 0 Å². The number of piperidine rings is 1. The van der Waals surface area contributed by atoms with Gasteiger partial charge in [-0.3, -0.25) is 0 Å². The van der Waals surface area contributed by atoms with E-state index >= 15 is 0 Å². The van der Waals surface area contributed by atoms with E-state index < -0.39 is 40.8 Å². The topological polar surface area (TPSA) is 32.3 Å². The molecule has 21 heavy (non-hydrogen) atoms. The zero-order chi connectivity index (χ0) is 15.7. The third kappa shape index (κ3) is 2.93. The standard InChI is InChI=1S/C13H13F5N2O/c1-6-3-2-4-20(5-6)13(21)19-12-10(17)8(15)7(14)9(16)11(12)18/h6H,2-5H2,1H3,(H,19,21). The fourth-order valence-electron chi connectivity index (χ4n) is 2.27. The summed E-state index contributed by atoms with van der Waals surface area (Å²) in [4.78, 5) is 13.2. The van der Waals surface area contributed by atoms with Gasteiger partial charge in [0, 0.05) is 13.1 Å². The second-order valence-corrected chi connectivity index (χ2v) is 5.07. The molecule has 0 radical (unpaired) electrons. The number of likely N-dealkylation sites (tertiary alicyclic amines) is 1. The van der Waals surface area contributed by atoms with E-state index in [9.17, 15) is 26.7 Å². The van der Waals surface area contributed by atoms with Gasteiger partial charge in [0.15, 0.2) is 23.3 Å². The monoisotopic (exact) mass is 308 g/mol. The second-order valence-electron chi connectivity index (χ2n) is 5.07. The van der Waals surface area contributed by atoms with E-state index in [0.717, 1.165) is 6.42 Å². The van der Waals surface area contributed by atoms with Crippen molar-refractivity contribution in [2.45, 2.75) is 19.8 Å². The summed E-state index contributed by atoms with van der Waals surface area (Å²) in [5.74, 6) is -10.3. The highest BCUT2D eigenvalue weighted by atomic mass is 19.2. The van der Waals surface area contributed by atoms with Crippen molar-refractivity contribution in [1.82, 2.24) is 4.90 Å². The third-order valence-corrected chi connectivity index (χ3v) is 3.39. The highest BCUT2D eigenvalue weighted by Gasteiger charge is 2.28. The van der Waals surface area contributed by atoms with Crippen molar-refractivity contribution in [2.75, 3.05) is 18.4 Å². The molecule has 0 aliphatic carbocycles. The van der Waals surface area contributed by atoms with Crippen LogP contribution >= 0.6 is 0 Å². The van der Waals surface area contributed by atoms with E-state index in [2.05, 4.69) is 0 Å². The lowest BCUT2D eigenvalue weighted by molar-refractivity contribution is 0.182. The summed E-state index contributed by atoms with van der Waals surface area (Å²) in [7, 11) is 0. The first-order valence-corrected chi connectivity index (χ1v) is 6.40. The molecule has 0 bridgehead atoms. The Labute approximate surface area is 117 Å². The number of rotatable bonds is 1. The number of hydrogen-bond acceptors (Lipinski definition) is 1. The summed E-state index contributed by atoms with van der Waals surface area (Å²) in [5, 5.41) is 1.77. The van der Waals surface area contributed by atoms with Crippen LogP contribution in [0.3, 0.4) is 0 Å². The van der Waals surface area contributed by atoms with Crippen molar-refractivity contribution in [3.8, 4) is 0 Å². The SMILES string of the molecule is CC1CCCN(C(=O)Nc2c(F)c(F)c(F)c(F)c2F)C1. The Hall–Kier alpha value is -1.86. The molecule has 0 spiro atoms. The highest BCUT2D eigenvalue weighted by molar-refractivity contribution is 5.89. The van der Waals surface area contributed by atoms with Crippen LogP contribution in [0, 0.1) is 35.0 Å². The van der Waals surface area contributed by atoms with Crippen LogP contribution in [0.1, 0.15) is 19.8 Å². The van der Waals surface area contributed by atoms with E-state index in [1.807, 2.05) is 6.92 Å². The Morgan fingerprint density at radius 3 is 2.10 bits per heavy atom. The molecule has 1 atom stereocenters. The minimum absolute atomic E-state index is 0.209. The molecule has 8 heteroatoms. The molecule has 1 aliphatic rings. The van der Waals surface area contributed by atoms with Gasteiger partial charge in [-0.15, -0.1) is 0 Å². The Morgan fingerprint density at radius 1 is 1.05 bits per heavy atom. The number of hydrogen-bond donors (Lipinski definition) is 1. The molecule has 1 fully saturated rings. The summed E-state index contributed by atoms with van der Waals surface area (Å²) in [6, 6.07) is -0.884. The number of amides is 2. The molecule has 1 N–H and O–H groups in total. The Balaban J connectivity index is 2.25. The molecule has 1 aromatic carbocycles. The van der Waals surface area contributed by atoms with Crippen LogP contribution in [-0.2, 0) is 0 Å². The molecular formula is C13H13F5N2O. The zero-order valence-electron chi connectivity index (χ0n) is 11.2. The Morgan fingerprint density at radius 2 is 1.57 bits per heavy atom. The maximum atomic E-state index is 13.5. The number of urea groups is 1. The smallest absolute Gasteiger partial charge is 0.322 e. The van der Waals surface area contributed by atoms with Gasteiger partial charge in [-0.05, 0) is 18.8 Å². The van der Waals surface area contributed by atoms with E-state index in [0.29, 0.717) is 19.5 Å². The van der Waals surface area contributed by atoms with Crippen LogP contribution in [-0.4, -0.2) is 24.0 Å². The molecule has 1 aliphatic heterocycles. The normalized spacial score (nSPS) is 18.8. The van der Waals surface area contributed by atoms with Crippen molar-refractivity contribution < 1.29 is 26.7 Å². The van der Waals surface area contributed by atoms with Crippen LogP contribution < -0.4 is 5.32 Å². The molecule has 0 saturated carbocycles. The molecule has 1 heterocycles. The van der Waals surface area contributed by atoms with Crippen molar-refractivity contribution in [3.05, 3.63) is 29.1 Å². The summed E-state index contributed by atoms with van der Waals surface area (Å²) in [5.41, 5.74) is -1.32. The largest absolute Gasteiger partial charge is 0.324 e. The number of carbonyl (C=O) groups is 1. The molecular weight excluding hydrogens is 295 g/mol. The predicted octanol–water partition coefficient (Wildman–Crippen LogP) is 3.65.